The van der Waals surface area contributed by atoms with Crippen molar-refractivity contribution >= 4 is 5.82 Å². The summed E-state index contributed by atoms with van der Waals surface area (Å²) < 4.78 is 0. The molecule has 2 rings (SSSR count). The molecule has 1 aromatic heterocycles. The van der Waals surface area contributed by atoms with Gasteiger partial charge in [0.05, 0.1) is 0 Å². The molecule has 0 radical (unpaired) electrons. The minimum atomic E-state index is 0.586. The number of piperidine rings is 1. The Bertz CT molecular complexity index is 302. The van der Waals surface area contributed by atoms with Crippen molar-refractivity contribution in [1.29, 1.82) is 0 Å². The molecule has 1 N–H and O–H groups in total. The average Bonchev–Trinajstić information content (AvgIpc) is 2.32. The van der Waals surface area contributed by atoms with E-state index in [0.29, 0.717) is 6.04 Å². The fourth-order valence-electron chi connectivity index (χ4n) is 1.98. The zero-order valence-corrected chi connectivity index (χ0v) is 8.89. The Morgan fingerprint density at radius 2 is 2.20 bits per heavy atom. The molecule has 0 bridgehead atoms. The third-order valence-electron chi connectivity index (χ3n) is 2.82. The molecule has 15 heavy (non-hydrogen) atoms. The highest BCUT2D eigenvalue weighted by Crippen LogP contribution is 2.16. The van der Waals surface area contributed by atoms with Crippen LogP contribution in [0.2, 0.25) is 0 Å². The molecule has 1 fully saturated rings. The van der Waals surface area contributed by atoms with E-state index in [-0.39, 0.29) is 0 Å². The maximum atomic E-state index is 4.36. The van der Waals surface area contributed by atoms with E-state index < -0.39 is 0 Å². The Kier molecular flexibility index (Phi) is 3.22. The zero-order valence-electron chi connectivity index (χ0n) is 8.89. The van der Waals surface area contributed by atoms with Crippen LogP contribution in [0.15, 0.2) is 37.2 Å². The number of pyridine rings is 1. The summed E-state index contributed by atoms with van der Waals surface area (Å²) in [6.07, 6.45) is 5.95. The van der Waals surface area contributed by atoms with E-state index in [0.717, 1.165) is 31.7 Å². The monoisotopic (exact) mass is 203 g/mol. The van der Waals surface area contributed by atoms with Crippen LogP contribution < -0.4 is 10.2 Å². The predicted octanol–water partition coefficient (Wildman–Crippen LogP) is 1.78. The summed E-state index contributed by atoms with van der Waals surface area (Å²) in [5, 5.41) is 3.27. The van der Waals surface area contributed by atoms with Crippen LogP contribution >= 0.6 is 0 Å². The molecule has 0 aromatic carbocycles. The molecule has 0 aliphatic carbocycles. The summed E-state index contributed by atoms with van der Waals surface area (Å²) in [5.41, 5.74) is 0. The van der Waals surface area contributed by atoms with Crippen molar-refractivity contribution < 1.29 is 0 Å². The Balaban J connectivity index is 1.91. The molecule has 1 aromatic rings. The van der Waals surface area contributed by atoms with E-state index in [9.17, 15) is 0 Å². The molecule has 3 nitrogen and oxygen atoms in total. The zero-order chi connectivity index (χ0) is 10.5. The lowest BCUT2D eigenvalue weighted by Crippen LogP contribution is -2.41. The number of hydrogen-bond donors (Lipinski definition) is 1. The molecule has 3 heteroatoms. The SMILES string of the molecule is C=CNC1CCN(c2ccccn2)CC1. The van der Waals surface area contributed by atoms with Gasteiger partial charge in [0.1, 0.15) is 5.82 Å². The molecule has 0 atom stereocenters. The van der Waals surface area contributed by atoms with Crippen LogP contribution in [0.3, 0.4) is 0 Å². The van der Waals surface area contributed by atoms with Crippen molar-refractivity contribution in [2.75, 3.05) is 18.0 Å². The van der Waals surface area contributed by atoms with Crippen LogP contribution in [0.4, 0.5) is 5.82 Å². The molecule has 1 aliphatic heterocycles. The molecule has 0 saturated carbocycles. The van der Waals surface area contributed by atoms with E-state index in [1.54, 1.807) is 6.20 Å². The van der Waals surface area contributed by atoms with Crippen LogP contribution in [0, 0.1) is 0 Å². The van der Waals surface area contributed by atoms with Gasteiger partial charge in [0.2, 0.25) is 0 Å². The Morgan fingerprint density at radius 1 is 1.40 bits per heavy atom. The fraction of sp³-hybridized carbons (Fsp3) is 0.417. The maximum absolute atomic E-state index is 4.36. The van der Waals surface area contributed by atoms with Gasteiger partial charge in [-0.15, -0.1) is 0 Å². The summed E-state index contributed by atoms with van der Waals surface area (Å²) in [5.74, 6) is 1.09. The van der Waals surface area contributed by atoms with E-state index in [1.807, 2.05) is 18.3 Å². The average molecular weight is 203 g/mol. The van der Waals surface area contributed by atoms with Crippen molar-refractivity contribution in [3.8, 4) is 0 Å². The first kappa shape index (κ1) is 10.0. The van der Waals surface area contributed by atoms with Crippen LogP contribution in [-0.2, 0) is 0 Å². The molecule has 0 spiro atoms. The lowest BCUT2D eigenvalue weighted by Gasteiger charge is -2.32. The van der Waals surface area contributed by atoms with Gasteiger partial charge in [0.15, 0.2) is 0 Å². The van der Waals surface area contributed by atoms with Crippen molar-refractivity contribution in [3.63, 3.8) is 0 Å². The second-order valence-corrected chi connectivity index (χ2v) is 3.82. The molecule has 2 heterocycles. The first-order valence-corrected chi connectivity index (χ1v) is 5.43. The largest absolute Gasteiger partial charge is 0.388 e. The summed E-state index contributed by atoms with van der Waals surface area (Å²) in [7, 11) is 0. The summed E-state index contributed by atoms with van der Waals surface area (Å²) in [4.78, 5) is 6.69. The standard InChI is InChI=1S/C12H17N3/c1-2-13-11-6-9-15(10-7-11)12-5-3-4-8-14-12/h2-5,8,11,13H,1,6-7,9-10H2. The molecule has 80 valence electrons. The predicted molar refractivity (Wildman–Crippen MR) is 62.8 cm³/mol. The van der Waals surface area contributed by atoms with Gasteiger partial charge in [-0.05, 0) is 31.2 Å². The van der Waals surface area contributed by atoms with Crippen molar-refractivity contribution in [3.05, 3.63) is 37.2 Å². The topological polar surface area (TPSA) is 28.2 Å². The van der Waals surface area contributed by atoms with Gasteiger partial charge in [-0.2, -0.15) is 0 Å². The van der Waals surface area contributed by atoms with Gasteiger partial charge in [-0.3, -0.25) is 0 Å². The van der Waals surface area contributed by atoms with Gasteiger partial charge >= 0.3 is 0 Å². The van der Waals surface area contributed by atoms with Crippen LogP contribution in [0.5, 0.6) is 0 Å². The highest BCUT2D eigenvalue weighted by atomic mass is 15.2. The Morgan fingerprint density at radius 3 is 2.80 bits per heavy atom. The molecule has 1 saturated heterocycles. The van der Waals surface area contributed by atoms with Gasteiger partial charge < -0.3 is 10.2 Å². The number of rotatable bonds is 3. The highest BCUT2D eigenvalue weighted by molar-refractivity contribution is 5.38. The summed E-state index contributed by atoms with van der Waals surface area (Å²) in [6.45, 7) is 5.84. The molecule has 0 amide bonds. The normalized spacial score (nSPS) is 17.5. The lowest BCUT2D eigenvalue weighted by atomic mass is 10.1. The first-order valence-electron chi connectivity index (χ1n) is 5.43. The first-order chi connectivity index (χ1) is 7.40. The molecular formula is C12H17N3. The third-order valence-corrected chi connectivity index (χ3v) is 2.82. The van der Waals surface area contributed by atoms with Crippen LogP contribution in [0.1, 0.15) is 12.8 Å². The highest BCUT2D eigenvalue weighted by Gasteiger charge is 2.18. The molecular weight excluding hydrogens is 186 g/mol. The fourth-order valence-corrected chi connectivity index (χ4v) is 1.98. The summed E-state index contributed by atoms with van der Waals surface area (Å²) >= 11 is 0. The summed E-state index contributed by atoms with van der Waals surface area (Å²) in [6, 6.07) is 6.65. The number of hydrogen-bond acceptors (Lipinski definition) is 3. The van der Waals surface area contributed by atoms with Crippen molar-refractivity contribution in [1.82, 2.24) is 10.3 Å². The lowest BCUT2D eigenvalue weighted by molar-refractivity contribution is 0.453. The van der Waals surface area contributed by atoms with Crippen molar-refractivity contribution in [2.24, 2.45) is 0 Å². The van der Waals surface area contributed by atoms with Gasteiger partial charge in [-0.1, -0.05) is 12.6 Å². The van der Waals surface area contributed by atoms with Gasteiger partial charge in [0, 0.05) is 25.3 Å². The minimum absolute atomic E-state index is 0.586. The molecule has 1 aliphatic rings. The van der Waals surface area contributed by atoms with E-state index in [1.165, 1.54) is 0 Å². The van der Waals surface area contributed by atoms with E-state index in [4.69, 9.17) is 0 Å². The number of nitrogens with zero attached hydrogens (tertiary/aromatic N) is 2. The quantitative estimate of drug-likeness (QED) is 0.811. The number of aromatic nitrogens is 1. The molecule has 0 unspecified atom stereocenters. The minimum Gasteiger partial charge on any atom is -0.388 e. The third kappa shape index (κ3) is 2.49. The Labute approximate surface area is 90.8 Å². The van der Waals surface area contributed by atoms with Crippen LogP contribution in [-0.4, -0.2) is 24.1 Å². The smallest absolute Gasteiger partial charge is 0.128 e. The number of nitrogens with one attached hydrogen (secondary N) is 1. The number of anilines is 1. The van der Waals surface area contributed by atoms with Crippen LogP contribution in [0.25, 0.3) is 0 Å². The second-order valence-electron chi connectivity index (χ2n) is 3.82. The maximum Gasteiger partial charge on any atom is 0.128 e. The van der Waals surface area contributed by atoms with Crippen molar-refractivity contribution in [2.45, 2.75) is 18.9 Å². The van der Waals surface area contributed by atoms with E-state index >= 15 is 0 Å². The van der Waals surface area contributed by atoms with Gasteiger partial charge in [0.25, 0.3) is 0 Å². The second kappa shape index (κ2) is 4.82. The Hall–Kier alpha value is -1.51. The van der Waals surface area contributed by atoms with E-state index in [2.05, 4.69) is 27.8 Å². The van der Waals surface area contributed by atoms with Gasteiger partial charge in [-0.25, -0.2) is 4.98 Å².